The summed E-state index contributed by atoms with van der Waals surface area (Å²) in [4.78, 5) is 46.4. The summed E-state index contributed by atoms with van der Waals surface area (Å²) in [6.45, 7) is -1.05. The Labute approximate surface area is 342 Å². The van der Waals surface area contributed by atoms with Gasteiger partial charge in [-0.25, -0.2) is 18.8 Å². The first kappa shape index (κ1) is 41.1. The van der Waals surface area contributed by atoms with Gasteiger partial charge in [-0.15, -0.1) is 0 Å². The highest BCUT2D eigenvalue weighted by Crippen LogP contribution is 2.38. The molecule has 4 fully saturated rings. The maximum absolute atomic E-state index is 14.3. The highest BCUT2D eigenvalue weighted by molar-refractivity contribution is 6.35. The van der Waals surface area contributed by atoms with Crippen LogP contribution in [0.4, 0.5) is 18.9 Å². The third-order valence-electron chi connectivity index (χ3n) is 10.4. The Hall–Kier alpha value is -5.05. The molecule has 3 atom stereocenters. The second-order valence-electron chi connectivity index (χ2n) is 14.5. The van der Waals surface area contributed by atoms with Gasteiger partial charge in [0.1, 0.15) is 18.0 Å². The van der Waals surface area contributed by atoms with Crippen molar-refractivity contribution >= 4 is 46.8 Å². The molecule has 1 saturated carbocycles. The topological polar surface area (TPSA) is 126 Å². The third kappa shape index (κ3) is 10.7. The van der Waals surface area contributed by atoms with E-state index in [0.29, 0.717) is 34.8 Å². The minimum atomic E-state index is -3.10. The van der Waals surface area contributed by atoms with E-state index in [1.807, 2.05) is 0 Å². The molecule has 4 heterocycles. The van der Waals surface area contributed by atoms with E-state index in [0.717, 1.165) is 38.8 Å². The average molecular weight is 843 g/mol. The molecule has 4 aliphatic rings. The number of halogens is 5. The molecule has 0 radical (unpaired) electrons. The Kier molecular flexibility index (Phi) is 13.2. The number of pyridine rings is 1. The minimum Gasteiger partial charge on any atom is -0.489 e. The first-order chi connectivity index (χ1) is 28.0. The number of rotatable bonds is 17. The molecule has 8 rings (SSSR count). The lowest BCUT2D eigenvalue weighted by atomic mass is 9.86. The summed E-state index contributed by atoms with van der Waals surface area (Å²) in [6.07, 6.45) is 5.08. The van der Waals surface area contributed by atoms with Gasteiger partial charge in [-0.1, -0.05) is 47.5 Å². The van der Waals surface area contributed by atoms with Gasteiger partial charge < -0.3 is 29.0 Å². The fourth-order valence-corrected chi connectivity index (χ4v) is 7.62. The molecule has 58 heavy (non-hydrogen) atoms. The minimum absolute atomic E-state index is 0.0319. The molecule has 2 bridgehead atoms. The van der Waals surface area contributed by atoms with Crippen molar-refractivity contribution in [3.8, 4) is 11.5 Å². The van der Waals surface area contributed by atoms with Crippen LogP contribution in [-0.4, -0.2) is 73.4 Å². The second kappa shape index (κ2) is 18.7. The van der Waals surface area contributed by atoms with Crippen LogP contribution in [0.2, 0.25) is 10.0 Å². The number of alkyl halides is 2. The highest BCUT2D eigenvalue weighted by atomic mass is 35.5. The second-order valence-corrected chi connectivity index (χ2v) is 15.3. The zero-order valence-corrected chi connectivity index (χ0v) is 32.6. The van der Waals surface area contributed by atoms with Crippen LogP contribution < -0.4 is 14.8 Å². The molecule has 1 aliphatic carbocycles. The fraction of sp³-hybridized carbons (Fsp3) is 0.381. The summed E-state index contributed by atoms with van der Waals surface area (Å²) in [7, 11) is 0. The van der Waals surface area contributed by atoms with Gasteiger partial charge in [0.15, 0.2) is 24.1 Å². The van der Waals surface area contributed by atoms with E-state index >= 15 is 0 Å². The van der Waals surface area contributed by atoms with Crippen LogP contribution in [0.25, 0.3) is 0 Å². The van der Waals surface area contributed by atoms with Crippen molar-refractivity contribution in [2.75, 3.05) is 38.2 Å². The van der Waals surface area contributed by atoms with Gasteiger partial charge in [-0.05, 0) is 110 Å². The number of fused-ring (bicyclic) bond motifs is 3. The normalized spacial score (nSPS) is 19.5. The van der Waals surface area contributed by atoms with Crippen molar-refractivity contribution in [3.63, 3.8) is 0 Å². The molecule has 1 aromatic heterocycles. The van der Waals surface area contributed by atoms with Crippen LogP contribution in [0.5, 0.6) is 11.5 Å². The summed E-state index contributed by atoms with van der Waals surface area (Å²) < 4.78 is 68.4. The van der Waals surface area contributed by atoms with Gasteiger partial charge in [0.05, 0.1) is 22.2 Å². The summed E-state index contributed by atoms with van der Waals surface area (Å²) in [6, 6.07) is 14.8. The van der Waals surface area contributed by atoms with Crippen molar-refractivity contribution < 1.29 is 51.2 Å². The number of piperidine rings is 3. The van der Waals surface area contributed by atoms with E-state index < -0.39 is 49.1 Å². The fourth-order valence-electron chi connectivity index (χ4n) is 7.10. The molecule has 11 nitrogen and oxygen atoms in total. The van der Waals surface area contributed by atoms with Crippen LogP contribution in [0.15, 0.2) is 79.1 Å². The quantitative estimate of drug-likeness (QED) is 0.0814. The van der Waals surface area contributed by atoms with Crippen LogP contribution in [0.1, 0.15) is 64.9 Å². The number of benzene rings is 3. The van der Waals surface area contributed by atoms with Crippen LogP contribution in [-0.2, 0) is 30.2 Å². The monoisotopic (exact) mass is 841 g/mol. The molecule has 16 heteroatoms. The first-order valence-electron chi connectivity index (χ1n) is 18.9. The lowest BCUT2D eigenvalue weighted by molar-refractivity contribution is -0.160. The van der Waals surface area contributed by atoms with Crippen molar-refractivity contribution in [3.05, 3.63) is 117 Å². The van der Waals surface area contributed by atoms with Crippen LogP contribution in [0.3, 0.4) is 0 Å². The SMILES string of the molecule is O=C(COC(=O)c1cccc(NC(C(=O)O[C@H]2CN3CCC2CC3)c2cccc(F)c2)c1)OC(Cc1c(Cl)cncc1Cl)c1ccc(OC(F)F)c(OCC2CC2)c1. The summed E-state index contributed by atoms with van der Waals surface area (Å²) in [5, 5.41) is 3.48. The number of anilines is 1. The van der Waals surface area contributed by atoms with Crippen LogP contribution >= 0.6 is 23.2 Å². The maximum Gasteiger partial charge on any atom is 0.387 e. The molecule has 2 unspecified atom stereocenters. The Balaban J connectivity index is 1.04. The van der Waals surface area contributed by atoms with Gasteiger partial charge in [0.25, 0.3) is 0 Å². The largest absolute Gasteiger partial charge is 0.489 e. The lowest BCUT2D eigenvalue weighted by Crippen LogP contribution is -2.52. The van der Waals surface area contributed by atoms with Gasteiger partial charge in [0, 0.05) is 31.0 Å². The number of nitrogens with one attached hydrogen (secondary N) is 1. The predicted octanol–water partition coefficient (Wildman–Crippen LogP) is 8.39. The molecule has 306 valence electrons. The molecule has 3 aliphatic heterocycles. The number of aromatic nitrogens is 1. The van der Waals surface area contributed by atoms with E-state index in [-0.39, 0.29) is 52.2 Å². The molecule has 0 spiro atoms. The van der Waals surface area contributed by atoms with Crippen molar-refractivity contribution in [2.24, 2.45) is 11.8 Å². The van der Waals surface area contributed by atoms with Crippen molar-refractivity contribution in [1.82, 2.24) is 9.88 Å². The molecule has 1 N–H and O–H groups in total. The zero-order valence-electron chi connectivity index (χ0n) is 31.1. The van der Waals surface area contributed by atoms with E-state index in [2.05, 4.69) is 19.9 Å². The number of carbonyl (C=O) groups is 3. The summed E-state index contributed by atoms with van der Waals surface area (Å²) in [5.74, 6) is -2.54. The maximum atomic E-state index is 14.3. The highest BCUT2D eigenvalue weighted by Gasteiger charge is 2.38. The molecular formula is C42H40Cl2F3N3O8. The Morgan fingerprint density at radius 3 is 2.34 bits per heavy atom. The Morgan fingerprint density at radius 2 is 1.66 bits per heavy atom. The number of carbonyl (C=O) groups excluding carboxylic acids is 3. The van der Waals surface area contributed by atoms with E-state index in [4.69, 9.17) is 42.1 Å². The van der Waals surface area contributed by atoms with Crippen molar-refractivity contribution in [1.29, 1.82) is 0 Å². The van der Waals surface area contributed by atoms with Gasteiger partial charge in [-0.3, -0.25) is 9.88 Å². The Morgan fingerprint density at radius 1 is 0.897 bits per heavy atom. The average Bonchev–Trinajstić information content (AvgIpc) is 4.05. The third-order valence-corrected chi connectivity index (χ3v) is 11.0. The molecule has 0 amide bonds. The van der Waals surface area contributed by atoms with Gasteiger partial charge in [-0.2, -0.15) is 8.78 Å². The standard InChI is InChI=1S/C42H40Cl2F3N3O8/c43-32-19-48-20-33(44)31(32)18-35(26-9-10-34(58-42(46)47)36(17-26)54-22-24-7-8-24)56-38(51)23-55-40(52)28-4-2-6-30(16-28)49-39(27-3-1-5-29(45)15-27)41(53)57-37-21-50-13-11-25(37)12-14-50/h1-6,9-10,15-17,19-20,24-25,35,37,39,42,49H,7-8,11-14,18,21-23H2/t35?,37-,39?/m0/s1. The smallest absolute Gasteiger partial charge is 0.387 e. The van der Waals surface area contributed by atoms with E-state index in [1.165, 1.54) is 60.9 Å². The molecule has 3 aromatic carbocycles. The predicted molar refractivity (Wildman–Crippen MR) is 207 cm³/mol. The Bertz CT molecular complexity index is 2100. The van der Waals surface area contributed by atoms with Gasteiger partial charge >= 0.3 is 24.5 Å². The number of esters is 3. The van der Waals surface area contributed by atoms with E-state index in [1.54, 1.807) is 18.2 Å². The number of hydrogen-bond donors (Lipinski definition) is 1. The zero-order chi connectivity index (χ0) is 40.8. The van der Waals surface area contributed by atoms with E-state index in [9.17, 15) is 27.6 Å². The molecule has 3 saturated heterocycles. The first-order valence-corrected chi connectivity index (χ1v) is 19.7. The van der Waals surface area contributed by atoms with Crippen LogP contribution in [0, 0.1) is 17.7 Å². The number of nitrogens with zero attached hydrogens (tertiary/aromatic N) is 2. The van der Waals surface area contributed by atoms with Gasteiger partial charge in [0.2, 0.25) is 0 Å². The number of hydrogen-bond acceptors (Lipinski definition) is 11. The lowest BCUT2D eigenvalue weighted by Gasteiger charge is -2.44. The summed E-state index contributed by atoms with van der Waals surface area (Å²) in [5.41, 5.74) is 1.45. The van der Waals surface area contributed by atoms with Crippen molar-refractivity contribution in [2.45, 2.75) is 57.0 Å². The summed E-state index contributed by atoms with van der Waals surface area (Å²) >= 11 is 12.8. The number of ether oxygens (including phenoxy) is 5. The molecular weight excluding hydrogens is 802 g/mol. The molecule has 4 aromatic rings.